The first kappa shape index (κ1) is 5.22. The van der Waals surface area contributed by atoms with Crippen molar-refractivity contribution in [2.75, 3.05) is 0 Å². The van der Waals surface area contributed by atoms with Crippen LogP contribution in [0.1, 0.15) is 6.92 Å². The molecule has 0 aromatic carbocycles. The summed E-state index contributed by atoms with van der Waals surface area (Å²) < 4.78 is 0. The Morgan fingerprint density at radius 3 is 2.20 bits per heavy atom. The van der Waals surface area contributed by atoms with Gasteiger partial charge in [-0.2, -0.15) is 0 Å². The van der Waals surface area contributed by atoms with Gasteiger partial charge in [0.15, 0.2) is 0 Å². The molecule has 0 amide bonds. The summed E-state index contributed by atoms with van der Waals surface area (Å²) in [6.07, 6.45) is 1.83. The van der Waals surface area contributed by atoms with E-state index in [-0.39, 0.29) is 0 Å². The number of halogens is 1. The molecule has 30 valence electrons. The fourth-order valence-electron chi connectivity index (χ4n) is 0. The van der Waals surface area contributed by atoms with E-state index < -0.39 is 0 Å². The minimum atomic E-state index is 0.461. The summed E-state index contributed by atoms with van der Waals surface area (Å²) in [7, 11) is 0. The lowest BCUT2D eigenvalue weighted by Crippen LogP contribution is -1.74. The van der Waals surface area contributed by atoms with Crippen LogP contribution < -0.4 is 0 Å². The van der Waals surface area contributed by atoms with Crippen LogP contribution in [0.3, 0.4) is 0 Å². The predicted molar refractivity (Wildman–Crippen MR) is 28.6 cm³/mol. The second-order valence-electron chi connectivity index (χ2n) is 0.913. The van der Waals surface area contributed by atoms with Crippen LogP contribution in [0.15, 0.2) is 12.7 Å². The summed E-state index contributed by atoms with van der Waals surface area (Å²) in [5.74, 6) is 0. The van der Waals surface area contributed by atoms with Gasteiger partial charge in [0.05, 0.1) is 0 Å². The van der Waals surface area contributed by atoms with E-state index in [1.807, 2.05) is 13.0 Å². The fourth-order valence-corrected chi connectivity index (χ4v) is 0. The fraction of sp³-hybridized carbons (Fsp3) is 0.500. The van der Waals surface area contributed by atoms with Crippen LogP contribution >= 0.6 is 15.9 Å². The van der Waals surface area contributed by atoms with Crippen molar-refractivity contribution in [3.05, 3.63) is 12.7 Å². The summed E-state index contributed by atoms with van der Waals surface area (Å²) in [4.78, 5) is 0.461. The van der Waals surface area contributed by atoms with Crippen LogP contribution in [-0.2, 0) is 0 Å². The van der Waals surface area contributed by atoms with Crippen LogP contribution in [0.2, 0.25) is 0 Å². The number of alkyl halides is 1. The number of allylic oxidation sites excluding steroid dienone is 1. The smallest absolute Gasteiger partial charge is 0.0294 e. The lowest BCUT2D eigenvalue weighted by atomic mass is 10.5. The molecule has 0 heterocycles. The Hall–Kier alpha value is 0.220. The molecule has 0 aliphatic carbocycles. The second-order valence-corrected chi connectivity index (χ2v) is 2.36. The second kappa shape index (κ2) is 2.46. The molecule has 0 nitrogen and oxygen atoms in total. The summed E-state index contributed by atoms with van der Waals surface area (Å²) in [6.45, 7) is 5.53. The van der Waals surface area contributed by atoms with Gasteiger partial charge < -0.3 is 0 Å². The molecule has 0 unspecified atom stereocenters. The highest BCUT2D eigenvalue weighted by Gasteiger charge is 1.76. The Balaban J connectivity index is 2.83. The molecule has 0 saturated carbocycles. The molecule has 0 N–H and O–H groups in total. The third-order valence-corrected chi connectivity index (χ3v) is 0.699. The molecular weight excluding hydrogens is 128 g/mol. The Labute approximate surface area is 41.0 Å². The molecular formula is C4H7Br. The SMILES string of the molecule is C=C[C@@H](C)Br. The standard InChI is InChI=1S/C4H7Br/c1-3-4(2)5/h3-4H,1H2,2H3/t4-/m1/s1. The van der Waals surface area contributed by atoms with Crippen molar-refractivity contribution in [3.8, 4) is 0 Å². The molecule has 5 heavy (non-hydrogen) atoms. The predicted octanol–water partition coefficient (Wildman–Crippen LogP) is 1.96. The maximum absolute atomic E-state index is 3.51. The van der Waals surface area contributed by atoms with Crippen LogP contribution in [0, 0.1) is 0 Å². The Morgan fingerprint density at radius 1 is 2.00 bits per heavy atom. The molecule has 0 fully saturated rings. The molecule has 0 aromatic rings. The lowest BCUT2D eigenvalue weighted by Gasteiger charge is -1.81. The van der Waals surface area contributed by atoms with Gasteiger partial charge in [0.1, 0.15) is 0 Å². The maximum atomic E-state index is 3.51. The van der Waals surface area contributed by atoms with Crippen molar-refractivity contribution in [3.63, 3.8) is 0 Å². The van der Waals surface area contributed by atoms with Gasteiger partial charge in [-0.3, -0.25) is 0 Å². The highest BCUT2D eigenvalue weighted by molar-refractivity contribution is 9.09. The number of hydrogen-bond donors (Lipinski definition) is 0. The zero-order valence-electron chi connectivity index (χ0n) is 3.24. The number of hydrogen-bond acceptors (Lipinski definition) is 0. The van der Waals surface area contributed by atoms with Crippen molar-refractivity contribution in [1.29, 1.82) is 0 Å². The van der Waals surface area contributed by atoms with Crippen LogP contribution in [0.25, 0.3) is 0 Å². The van der Waals surface area contributed by atoms with Crippen LogP contribution in [0.5, 0.6) is 0 Å². The van der Waals surface area contributed by atoms with E-state index in [2.05, 4.69) is 22.5 Å². The molecule has 0 saturated heterocycles. The van der Waals surface area contributed by atoms with Gasteiger partial charge >= 0.3 is 0 Å². The van der Waals surface area contributed by atoms with Crippen molar-refractivity contribution >= 4 is 15.9 Å². The molecule has 1 heteroatoms. The Kier molecular flexibility index (Phi) is 2.57. The zero-order chi connectivity index (χ0) is 4.28. The van der Waals surface area contributed by atoms with E-state index in [9.17, 15) is 0 Å². The van der Waals surface area contributed by atoms with Crippen LogP contribution in [-0.4, -0.2) is 4.83 Å². The summed E-state index contributed by atoms with van der Waals surface area (Å²) in [5, 5.41) is 0. The van der Waals surface area contributed by atoms with Gasteiger partial charge in [-0.1, -0.05) is 22.0 Å². The molecule has 0 spiro atoms. The van der Waals surface area contributed by atoms with E-state index in [1.165, 1.54) is 0 Å². The normalized spacial score (nSPS) is 14.0. The highest BCUT2D eigenvalue weighted by atomic mass is 79.9. The molecule has 0 bridgehead atoms. The average Bonchev–Trinajstić information content (AvgIpc) is 1.38. The van der Waals surface area contributed by atoms with Gasteiger partial charge in [-0.15, -0.1) is 6.58 Å². The van der Waals surface area contributed by atoms with Gasteiger partial charge in [-0.05, 0) is 6.92 Å². The Morgan fingerprint density at radius 2 is 2.20 bits per heavy atom. The van der Waals surface area contributed by atoms with E-state index in [0.717, 1.165) is 0 Å². The molecule has 0 aromatic heterocycles. The summed E-state index contributed by atoms with van der Waals surface area (Å²) in [5.41, 5.74) is 0. The summed E-state index contributed by atoms with van der Waals surface area (Å²) >= 11 is 3.26. The largest absolute Gasteiger partial charge is 0.102 e. The third kappa shape index (κ3) is 4.22. The molecule has 0 aliphatic rings. The van der Waals surface area contributed by atoms with E-state index in [4.69, 9.17) is 0 Å². The zero-order valence-corrected chi connectivity index (χ0v) is 4.83. The molecule has 1 atom stereocenters. The first-order valence-electron chi connectivity index (χ1n) is 1.54. The minimum Gasteiger partial charge on any atom is -0.102 e. The molecule has 0 rings (SSSR count). The van der Waals surface area contributed by atoms with Crippen molar-refractivity contribution in [2.45, 2.75) is 11.8 Å². The monoisotopic (exact) mass is 134 g/mol. The van der Waals surface area contributed by atoms with Crippen molar-refractivity contribution < 1.29 is 0 Å². The summed E-state index contributed by atoms with van der Waals surface area (Å²) in [6, 6.07) is 0. The van der Waals surface area contributed by atoms with E-state index >= 15 is 0 Å². The van der Waals surface area contributed by atoms with Crippen molar-refractivity contribution in [2.24, 2.45) is 0 Å². The highest BCUT2D eigenvalue weighted by Crippen LogP contribution is 1.94. The van der Waals surface area contributed by atoms with Gasteiger partial charge in [0.2, 0.25) is 0 Å². The van der Waals surface area contributed by atoms with E-state index in [0.29, 0.717) is 4.83 Å². The average molecular weight is 135 g/mol. The Bertz CT molecular complexity index is 30.6. The lowest BCUT2D eigenvalue weighted by molar-refractivity contribution is 1.28. The molecule has 0 aliphatic heterocycles. The third-order valence-electron chi connectivity index (χ3n) is 0.325. The van der Waals surface area contributed by atoms with Gasteiger partial charge in [0, 0.05) is 4.83 Å². The maximum Gasteiger partial charge on any atom is 0.0294 e. The quantitative estimate of drug-likeness (QED) is 0.380. The van der Waals surface area contributed by atoms with Crippen LogP contribution in [0.4, 0.5) is 0 Å². The first-order valence-corrected chi connectivity index (χ1v) is 2.45. The van der Waals surface area contributed by atoms with E-state index in [1.54, 1.807) is 0 Å². The topological polar surface area (TPSA) is 0 Å². The van der Waals surface area contributed by atoms with Crippen molar-refractivity contribution in [1.82, 2.24) is 0 Å². The number of rotatable bonds is 1. The minimum absolute atomic E-state index is 0.461. The van der Waals surface area contributed by atoms with Gasteiger partial charge in [0.25, 0.3) is 0 Å². The first-order chi connectivity index (χ1) is 2.27. The molecule has 0 radical (unpaired) electrons. The van der Waals surface area contributed by atoms with Gasteiger partial charge in [-0.25, -0.2) is 0 Å².